The lowest BCUT2D eigenvalue weighted by Gasteiger charge is -1.91. The molecular formula is C9H16. The first-order valence-corrected chi connectivity index (χ1v) is 3.55. The maximum atomic E-state index is 3.64. The summed E-state index contributed by atoms with van der Waals surface area (Å²) in [6, 6.07) is 0. The molecule has 52 valence electrons. The van der Waals surface area contributed by atoms with Crippen LogP contribution in [-0.4, -0.2) is 0 Å². The predicted molar refractivity (Wildman–Crippen MR) is 43.4 cm³/mol. The van der Waals surface area contributed by atoms with E-state index in [-0.39, 0.29) is 0 Å². The molecule has 0 saturated carbocycles. The van der Waals surface area contributed by atoms with Crippen molar-refractivity contribution in [1.82, 2.24) is 0 Å². The number of rotatable bonds is 4. The fraction of sp³-hybridized carbons (Fsp3) is 0.556. The zero-order valence-corrected chi connectivity index (χ0v) is 6.43. The van der Waals surface area contributed by atoms with Crippen molar-refractivity contribution in [2.24, 2.45) is 5.92 Å². The second-order valence-electron chi connectivity index (χ2n) is 2.54. The monoisotopic (exact) mass is 124 g/mol. The van der Waals surface area contributed by atoms with Crippen LogP contribution >= 0.6 is 0 Å². The molecule has 0 rings (SSSR count). The van der Waals surface area contributed by atoms with Gasteiger partial charge in [-0.3, -0.25) is 0 Å². The van der Waals surface area contributed by atoms with E-state index in [0.717, 1.165) is 12.8 Å². The van der Waals surface area contributed by atoms with E-state index in [9.17, 15) is 0 Å². The Bertz CT molecular complexity index is 88.2. The van der Waals surface area contributed by atoms with Crippen molar-refractivity contribution in [3.05, 3.63) is 24.8 Å². The molecule has 0 spiro atoms. The average Bonchev–Trinajstić information content (AvgIpc) is 1.80. The summed E-state index contributed by atoms with van der Waals surface area (Å²) in [5.74, 6) is 0.690. The van der Waals surface area contributed by atoms with Gasteiger partial charge in [0.1, 0.15) is 0 Å². The lowest BCUT2D eigenvalue weighted by molar-refractivity contribution is 0.823. The summed E-state index contributed by atoms with van der Waals surface area (Å²) in [6.07, 6.45) is 8.63. The number of hydrogen-bond acceptors (Lipinski definition) is 0. The van der Waals surface area contributed by atoms with Crippen LogP contribution in [0, 0.1) is 5.92 Å². The summed E-state index contributed by atoms with van der Waals surface area (Å²) in [5.41, 5.74) is 0. The molecule has 0 amide bonds. The molecule has 0 heterocycles. The van der Waals surface area contributed by atoms with E-state index in [1.807, 2.05) is 6.08 Å². The minimum Gasteiger partial charge on any atom is -0.103 e. The molecule has 0 aliphatic carbocycles. The smallest absolute Gasteiger partial charge is 0.0290 e. The van der Waals surface area contributed by atoms with E-state index in [4.69, 9.17) is 0 Å². The van der Waals surface area contributed by atoms with Crippen LogP contribution in [0.1, 0.15) is 26.7 Å². The number of hydrogen-bond donors (Lipinski definition) is 0. The molecule has 0 aromatic heterocycles. The van der Waals surface area contributed by atoms with Crippen molar-refractivity contribution >= 4 is 0 Å². The highest BCUT2D eigenvalue weighted by Gasteiger charge is 1.80. The first kappa shape index (κ1) is 8.48. The van der Waals surface area contributed by atoms with Gasteiger partial charge in [-0.2, -0.15) is 0 Å². The van der Waals surface area contributed by atoms with Crippen LogP contribution < -0.4 is 0 Å². The van der Waals surface area contributed by atoms with Gasteiger partial charge in [0.25, 0.3) is 0 Å². The number of unbranched alkanes of at least 4 members (excludes halogenated alkanes) is 1. The third-order valence-electron chi connectivity index (χ3n) is 1.06. The Kier molecular flexibility index (Phi) is 5.29. The van der Waals surface area contributed by atoms with E-state index >= 15 is 0 Å². The van der Waals surface area contributed by atoms with Gasteiger partial charge >= 0.3 is 0 Å². The topological polar surface area (TPSA) is 0 Å². The molecule has 0 heteroatoms. The van der Waals surface area contributed by atoms with Crippen molar-refractivity contribution in [3.8, 4) is 0 Å². The highest BCUT2D eigenvalue weighted by Crippen LogP contribution is 1.97. The second-order valence-corrected chi connectivity index (χ2v) is 2.54. The van der Waals surface area contributed by atoms with Gasteiger partial charge in [0.2, 0.25) is 0 Å². The summed E-state index contributed by atoms with van der Waals surface area (Å²) in [6.45, 7) is 8.01. The van der Waals surface area contributed by atoms with Crippen LogP contribution in [0.25, 0.3) is 0 Å². The molecule has 0 fully saturated rings. The van der Waals surface area contributed by atoms with E-state index in [1.54, 1.807) is 0 Å². The third-order valence-corrected chi connectivity index (χ3v) is 1.06. The summed E-state index contributed by atoms with van der Waals surface area (Å²) >= 11 is 0. The van der Waals surface area contributed by atoms with Crippen LogP contribution in [0.15, 0.2) is 24.8 Å². The SMILES string of the molecule is C=CCCC=CC(C)C. The Morgan fingerprint density at radius 3 is 2.44 bits per heavy atom. The zero-order valence-electron chi connectivity index (χ0n) is 6.43. The summed E-state index contributed by atoms with van der Waals surface area (Å²) < 4.78 is 0. The van der Waals surface area contributed by atoms with Gasteiger partial charge in [-0.15, -0.1) is 6.58 Å². The fourth-order valence-corrected chi connectivity index (χ4v) is 0.582. The zero-order chi connectivity index (χ0) is 7.11. The predicted octanol–water partition coefficient (Wildman–Crippen LogP) is 3.16. The van der Waals surface area contributed by atoms with E-state index in [2.05, 4.69) is 32.6 Å². The molecular weight excluding hydrogens is 108 g/mol. The standard InChI is InChI=1S/C9H16/c1-4-5-6-7-8-9(2)3/h4,7-9H,1,5-6H2,2-3H3. The van der Waals surface area contributed by atoms with Crippen molar-refractivity contribution in [2.45, 2.75) is 26.7 Å². The molecule has 0 aliphatic rings. The van der Waals surface area contributed by atoms with Gasteiger partial charge < -0.3 is 0 Å². The molecule has 0 nitrogen and oxygen atoms in total. The lowest BCUT2D eigenvalue weighted by atomic mass is 10.2. The molecule has 0 unspecified atom stereocenters. The van der Waals surface area contributed by atoms with Gasteiger partial charge in [0, 0.05) is 0 Å². The van der Waals surface area contributed by atoms with Gasteiger partial charge in [0.05, 0.1) is 0 Å². The van der Waals surface area contributed by atoms with Crippen molar-refractivity contribution in [1.29, 1.82) is 0 Å². The van der Waals surface area contributed by atoms with Crippen LogP contribution in [0.4, 0.5) is 0 Å². The Morgan fingerprint density at radius 2 is 2.00 bits per heavy atom. The number of allylic oxidation sites excluding steroid dienone is 3. The summed E-state index contributed by atoms with van der Waals surface area (Å²) in [5, 5.41) is 0. The van der Waals surface area contributed by atoms with Crippen LogP contribution in [0.2, 0.25) is 0 Å². The van der Waals surface area contributed by atoms with Crippen molar-refractivity contribution in [2.75, 3.05) is 0 Å². The van der Waals surface area contributed by atoms with Crippen molar-refractivity contribution < 1.29 is 0 Å². The molecule has 0 N–H and O–H groups in total. The highest BCUT2D eigenvalue weighted by molar-refractivity contribution is 4.86. The van der Waals surface area contributed by atoms with E-state index in [1.165, 1.54) is 0 Å². The van der Waals surface area contributed by atoms with Gasteiger partial charge in [-0.1, -0.05) is 32.1 Å². The average molecular weight is 124 g/mol. The van der Waals surface area contributed by atoms with E-state index < -0.39 is 0 Å². The molecule has 9 heavy (non-hydrogen) atoms. The molecule has 0 aliphatic heterocycles. The second kappa shape index (κ2) is 5.61. The Labute approximate surface area is 58.3 Å². The van der Waals surface area contributed by atoms with Crippen LogP contribution in [0.5, 0.6) is 0 Å². The summed E-state index contributed by atoms with van der Waals surface area (Å²) in [4.78, 5) is 0. The fourth-order valence-electron chi connectivity index (χ4n) is 0.582. The lowest BCUT2D eigenvalue weighted by Crippen LogP contribution is -1.75. The van der Waals surface area contributed by atoms with Gasteiger partial charge in [-0.05, 0) is 18.8 Å². The molecule has 0 radical (unpaired) electrons. The maximum Gasteiger partial charge on any atom is -0.0290 e. The van der Waals surface area contributed by atoms with Gasteiger partial charge in [0.15, 0.2) is 0 Å². The minimum atomic E-state index is 0.690. The largest absolute Gasteiger partial charge is 0.103 e. The maximum absolute atomic E-state index is 3.64. The quantitative estimate of drug-likeness (QED) is 0.399. The molecule has 0 saturated heterocycles. The third kappa shape index (κ3) is 7.48. The molecule has 0 bridgehead atoms. The molecule has 0 aromatic carbocycles. The first-order valence-electron chi connectivity index (χ1n) is 3.55. The Morgan fingerprint density at radius 1 is 1.33 bits per heavy atom. The Hall–Kier alpha value is -0.520. The first-order chi connectivity index (χ1) is 4.27. The van der Waals surface area contributed by atoms with Gasteiger partial charge in [-0.25, -0.2) is 0 Å². The Balaban J connectivity index is 3.14. The molecule has 0 atom stereocenters. The normalized spacial score (nSPS) is 11.0. The van der Waals surface area contributed by atoms with Crippen LogP contribution in [0.3, 0.4) is 0 Å². The summed E-state index contributed by atoms with van der Waals surface area (Å²) in [7, 11) is 0. The molecule has 0 aromatic rings. The van der Waals surface area contributed by atoms with Crippen LogP contribution in [-0.2, 0) is 0 Å². The van der Waals surface area contributed by atoms with Crippen molar-refractivity contribution in [3.63, 3.8) is 0 Å². The minimum absolute atomic E-state index is 0.690. The highest BCUT2D eigenvalue weighted by atomic mass is 13.9. The van der Waals surface area contributed by atoms with E-state index in [0.29, 0.717) is 5.92 Å².